The van der Waals surface area contributed by atoms with Crippen LogP contribution in [0.3, 0.4) is 0 Å². The van der Waals surface area contributed by atoms with E-state index in [0.717, 1.165) is 45.3 Å². The van der Waals surface area contributed by atoms with Crippen molar-refractivity contribution in [3.63, 3.8) is 0 Å². The van der Waals surface area contributed by atoms with E-state index in [-0.39, 0.29) is 6.04 Å². The minimum atomic E-state index is 0.259. The molecule has 4 rings (SSSR count). The lowest BCUT2D eigenvalue weighted by Crippen LogP contribution is -2.46. The fraction of sp³-hybridized carbons (Fsp3) is 0.355. The summed E-state index contributed by atoms with van der Waals surface area (Å²) in [5.41, 5.74) is 8.95. The maximum absolute atomic E-state index is 6.20. The van der Waals surface area contributed by atoms with Crippen molar-refractivity contribution in [2.24, 2.45) is 5.73 Å². The topological polar surface area (TPSA) is 62.1 Å². The highest BCUT2D eigenvalue weighted by Gasteiger charge is 2.14. The number of nitrogens with one attached hydrogen (secondary N) is 3. The maximum Gasteiger partial charge on any atom is 0.0231 e. The van der Waals surface area contributed by atoms with Gasteiger partial charge in [-0.3, -0.25) is 0 Å². The number of hydrogen-bond acceptors (Lipinski definition) is 4. The summed E-state index contributed by atoms with van der Waals surface area (Å²) in [5, 5.41) is 16.1. The van der Waals surface area contributed by atoms with Gasteiger partial charge in [0, 0.05) is 25.2 Å². The number of rotatable bonds is 14. The summed E-state index contributed by atoms with van der Waals surface area (Å²) in [6, 6.07) is 31.3. The Bertz CT molecular complexity index is 1180. The molecule has 4 nitrogen and oxygen atoms in total. The van der Waals surface area contributed by atoms with Crippen LogP contribution in [0.1, 0.15) is 24.0 Å². The van der Waals surface area contributed by atoms with E-state index in [9.17, 15) is 0 Å². The maximum atomic E-state index is 6.20. The zero-order valence-corrected chi connectivity index (χ0v) is 21.0. The molecule has 0 unspecified atom stereocenters. The normalized spacial score (nSPS) is 13.3. The Hall–Kier alpha value is -2.76. The molecule has 0 aromatic heterocycles. The Morgan fingerprint density at radius 2 is 1.51 bits per heavy atom. The first kappa shape index (κ1) is 25.3. The molecule has 4 heteroatoms. The number of nitrogens with two attached hydrogens (primary N) is 1. The van der Waals surface area contributed by atoms with Crippen LogP contribution >= 0.6 is 0 Å². The first-order chi connectivity index (χ1) is 17.3. The van der Waals surface area contributed by atoms with Crippen molar-refractivity contribution >= 4 is 21.5 Å². The summed E-state index contributed by atoms with van der Waals surface area (Å²) in [4.78, 5) is 0. The predicted molar refractivity (Wildman–Crippen MR) is 151 cm³/mol. The summed E-state index contributed by atoms with van der Waals surface area (Å²) in [7, 11) is 2.02. The molecule has 4 aromatic rings. The molecular weight excluding hydrogens is 428 g/mol. The summed E-state index contributed by atoms with van der Waals surface area (Å²) >= 11 is 0. The van der Waals surface area contributed by atoms with Crippen molar-refractivity contribution in [1.29, 1.82) is 0 Å². The molecule has 0 aliphatic rings. The monoisotopic (exact) mass is 468 g/mol. The molecule has 35 heavy (non-hydrogen) atoms. The fourth-order valence-electron chi connectivity index (χ4n) is 4.90. The average molecular weight is 469 g/mol. The molecule has 0 radical (unpaired) electrons. The summed E-state index contributed by atoms with van der Waals surface area (Å²) in [5.74, 6) is 0. The highest BCUT2D eigenvalue weighted by Crippen LogP contribution is 2.20. The van der Waals surface area contributed by atoms with Gasteiger partial charge in [-0.05, 0) is 78.5 Å². The van der Waals surface area contributed by atoms with Crippen LogP contribution in [0.15, 0.2) is 84.9 Å². The zero-order valence-electron chi connectivity index (χ0n) is 21.0. The third kappa shape index (κ3) is 7.36. The highest BCUT2D eigenvalue weighted by atomic mass is 15.0. The van der Waals surface area contributed by atoms with Gasteiger partial charge in [0.15, 0.2) is 0 Å². The van der Waals surface area contributed by atoms with Crippen LogP contribution in [-0.4, -0.2) is 45.3 Å². The van der Waals surface area contributed by atoms with E-state index in [1.54, 1.807) is 0 Å². The number of benzene rings is 4. The second-order valence-electron chi connectivity index (χ2n) is 9.51. The third-order valence-electron chi connectivity index (χ3n) is 6.92. The van der Waals surface area contributed by atoms with Gasteiger partial charge in [0.2, 0.25) is 0 Å². The lowest BCUT2D eigenvalue weighted by atomic mass is 9.98. The van der Waals surface area contributed by atoms with Crippen molar-refractivity contribution < 1.29 is 0 Å². The lowest BCUT2D eigenvalue weighted by molar-refractivity contribution is 0.406. The zero-order chi connectivity index (χ0) is 24.3. The Labute approximate surface area is 210 Å². The molecule has 0 bridgehead atoms. The molecule has 0 fully saturated rings. The van der Waals surface area contributed by atoms with Crippen LogP contribution in [0.25, 0.3) is 21.5 Å². The van der Waals surface area contributed by atoms with E-state index in [2.05, 4.69) is 101 Å². The quantitative estimate of drug-likeness (QED) is 0.203. The Morgan fingerprint density at radius 3 is 2.34 bits per heavy atom. The molecule has 5 N–H and O–H groups in total. The molecular formula is C31H40N4. The van der Waals surface area contributed by atoms with Gasteiger partial charge in [-0.2, -0.15) is 0 Å². The molecule has 184 valence electrons. The van der Waals surface area contributed by atoms with Crippen LogP contribution < -0.4 is 21.7 Å². The second kappa shape index (κ2) is 13.4. The summed E-state index contributed by atoms with van der Waals surface area (Å²) in [6.07, 6.45) is 4.27. The SMILES string of the molecule is CNCCC[C@@H](CN[C@H](CN)Cc1cccc2ccccc12)NCCc1ccc2ccccc2c1. The molecule has 0 spiro atoms. The van der Waals surface area contributed by atoms with E-state index < -0.39 is 0 Å². The van der Waals surface area contributed by atoms with Crippen LogP contribution in [0, 0.1) is 0 Å². The van der Waals surface area contributed by atoms with E-state index in [0.29, 0.717) is 12.6 Å². The third-order valence-corrected chi connectivity index (χ3v) is 6.92. The molecule has 0 saturated carbocycles. The first-order valence-electron chi connectivity index (χ1n) is 13.0. The van der Waals surface area contributed by atoms with Crippen LogP contribution in [0.2, 0.25) is 0 Å². The van der Waals surface area contributed by atoms with Crippen LogP contribution in [0.5, 0.6) is 0 Å². The van der Waals surface area contributed by atoms with E-state index in [4.69, 9.17) is 5.73 Å². The fourth-order valence-corrected chi connectivity index (χ4v) is 4.90. The van der Waals surface area contributed by atoms with Crippen molar-refractivity contribution in [3.8, 4) is 0 Å². The van der Waals surface area contributed by atoms with Gasteiger partial charge in [0.25, 0.3) is 0 Å². The molecule has 0 heterocycles. The van der Waals surface area contributed by atoms with Gasteiger partial charge in [0.05, 0.1) is 0 Å². The van der Waals surface area contributed by atoms with E-state index in [1.807, 2.05) is 7.05 Å². The Kier molecular flexibility index (Phi) is 9.67. The predicted octanol–water partition coefficient (Wildman–Crippen LogP) is 4.65. The van der Waals surface area contributed by atoms with Crippen molar-refractivity contribution in [2.45, 2.75) is 37.8 Å². The lowest BCUT2D eigenvalue weighted by Gasteiger charge is -2.24. The van der Waals surface area contributed by atoms with Gasteiger partial charge < -0.3 is 21.7 Å². The standard InChI is InChI=1S/C31H40N4/c1-33-18-7-13-29(34-19-17-24-15-16-25-8-2-3-10-27(25)20-24)23-35-30(22-32)21-28-12-6-11-26-9-4-5-14-31(26)28/h2-6,8-12,14-16,20,29-30,33-35H,7,13,17-19,21-23,32H2,1H3/t29-,30-/m0/s1. The van der Waals surface area contributed by atoms with Crippen molar-refractivity contribution in [1.82, 2.24) is 16.0 Å². The molecule has 2 atom stereocenters. The first-order valence-corrected chi connectivity index (χ1v) is 13.0. The molecule has 0 saturated heterocycles. The molecule has 4 aromatic carbocycles. The van der Waals surface area contributed by atoms with Crippen molar-refractivity contribution in [2.75, 3.05) is 33.2 Å². The summed E-state index contributed by atoms with van der Waals surface area (Å²) in [6.45, 7) is 3.57. The number of fused-ring (bicyclic) bond motifs is 2. The second-order valence-corrected chi connectivity index (χ2v) is 9.51. The molecule has 0 aliphatic carbocycles. The highest BCUT2D eigenvalue weighted by molar-refractivity contribution is 5.85. The van der Waals surface area contributed by atoms with E-state index in [1.165, 1.54) is 32.7 Å². The minimum Gasteiger partial charge on any atom is -0.329 e. The van der Waals surface area contributed by atoms with Crippen LogP contribution in [0.4, 0.5) is 0 Å². The van der Waals surface area contributed by atoms with E-state index >= 15 is 0 Å². The van der Waals surface area contributed by atoms with Crippen LogP contribution in [-0.2, 0) is 12.8 Å². The van der Waals surface area contributed by atoms with Gasteiger partial charge in [-0.25, -0.2) is 0 Å². The number of hydrogen-bond donors (Lipinski definition) is 4. The van der Waals surface area contributed by atoms with Gasteiger partial charge in [-0.15, -0.1) is 0 Å². The largest absolute Gasteiger partial charge is 0.329 e. The summed E-state index contributed by atoms with van der Waals surface area (Å²) < 4.78 is 0. The Morgan fingerprint density at radius 1 is 0.743 bits per heavy atom. The Balaban J connectivity index is 1.32. The van der Waals surface area contributed by atoms with Crippen molar-refractivity contribution in [3.05, 3.63) is 96.1 Å². The minimum absolute atomic E-state index is 0.259. The smallest absolute Gasteiger partial charge is 0.0231 e. The van der Waals surface area contributed by atoms with Gasteiger partial charge in [0.1, 0.15) is 0 Å². The average Bonchev–Trinajstić information content (AvgIpc) is 2.90. The molecule has 0 amide bonds. The van der Waals surface area contributed by atoms with Gasteiger partial charge in [-0.1, -0.05) is 84.9 Å². The van der Waals surface area contributed by atoms with Gasteiger partial charge >= 0.3 is 0 Å². The molecule has 0 aliphatic heterocycles.